The van der Waals surface area contributed by atoms with Crippen molar-refractivity contribution in [3.05, 3.63) is 192 Å². The summed E-state index contributed by atoms with van der Waals surface area (Å²) in [6.45, 7) is 24.0. The predicted molar refractivity (Wildman–Crippen MR) is 283 cm³/mol. The molecule has 9 aromatic rings. The lowest BCUT2D eigenvalue weighted by atomic mass is 9.83. The Kier molecular flexibility index (Phi) is 10.3. The molecule has 0 bridgehead atoms. The number of hydrogen-bond donors (Lipinski definition) is 1. The van der Waals surface area contributed by atoms with Gasteiger partial charge in [-0.05, 0) is 139 Å². The van der Waals surface area contributed by atoms with E-state index in [0.29, 0.717) is 22.6 Å². The molecule has 0 atom stereocenters. The highest BCUT2D eigenvalue weighted by Crippen LogP contribution is 2.46. The average Bonchev–Trinajstić information content (AvgIpc) is 3.74. The molecule has 0 saturated heterocycles. The summed E-state index contributed by atoms with van der Waals surface area (Å²) in [5.74, 6) is 1.06. The molecule has 2 aromatic heterocycles. The van der Waals surface area contributed by atoms with Crippen molar-refractivity contribution in [1.82, 2.24) is 14.5 Å². The highest BCUT2D eigenvalue weighted by molar-refractivity contribution is 5.98. The van der Waals surface area contributed by atoms with Gasteiger partial charge in [0.05, 0.1) is 34.8 Å². The molecular weight excluding hydrogens is 815 g/mol. The van der Waals surface area contributed by atoms with Gasteiger partial charge in [-0.3, -0.25) is 9.55 Å². The molecule has 0 saturated carbocycles. The van der Waals surface area contributed by atoms with Gasteiger partial charge in [0.2, 0.25) is 0 Å². The van der Waals surface area contributed by atoms with E-state index in [2.05, 4.69) is 190 Å². The van der Waals surface area contributed by atoms with Crippen molar-refractivity contribution in [2.45, 2.75) is 98.8 Å². The Morgan fingerprint density at radius 1 is 0.552 bits per heavy atom. The molecule has 336 valence electrons. The normalized spacial score (nSPS) is 13.2. The van der Waals surface area contributed by atoms with Gasteiger partial charge in [-0.2, -0.15) is 0 Å². The quantitative estimate of drug-likeness (QED) is 0.157. The van der Waals surface area contributed by atoms with Gasteiger partial charge in [0.25, 0.3) is 0 Å². The number of aromatic nitrogens is 3. The summed E-state index contributed by atoms with van der Waals surface area (Å²) in [4.78, 5) is 10.5. The third-order valence-corrected chi connectivity index (χ3v) is 13.1. The first-order valence-corrected chi connectivity index (χ1v) is 23.4. The molecule has 2 heterocycles. The van der Waals surface area contributed by atoms with Gasteiger partial charge in [-0.25, -0.2) is 4.98 Å². The molecule has 7 aromatic carbocycles. The van der Waals surface area contributed by atoms with Crippen molar-refractivity contribution in [3.8, 4) is 78.6 Å². The number of pyridine rings is 1. The van der Waals surface area contributed by atoms with Gasteiger partial charge >= 0.3 is 0 Å². The molecule has 0 aliphatic carbocycles. The standard InChI is InChI=1S/C63H63N3O/c1-39(2)46-35-52(40(3)4)60(67)55(36-46)61-65-59-51(47-32-48(34-50(33-47)63(9,10)11)56-37-45(29-30-64-56)42-19-14-12-15-20-42)23-18-24-57(59)66(61)58-38-53(43-21-16-13-17-22-43)41(5)31-54(58)44-25-27-49(28-26-44)62(6,7)8/h12-40,67H,1-11H3/i12D,14D,15D,19D,20D. The predicted octanol–water partition coefficient (Wildman–Crippen LogP) is 17.3. The Hall–Kier alpha value is -7.04. The summed E-state index contributed by atoms with van der Waals surface area (Å²) in [5.41, 5.74) is 16.4. The van der Waals surface area contributed by atoms with Gasteiger partial charge in [0.1, 0.15) is 11.6 Å². The van der Waals surface area contributed by atoms with Gasteiger partial charge in [0.15, 0.2) is 0 Å². The second-order valence-electron chi connectivity index (χ2n) is 20.6. The van der Waals surface area contributed by atoms with Crippen molar-refractivity contribution in [2.24, 2.45) is 0 Å². The summed E-state index contributed by atoms with van der Waals surface area (Å²) in [6, 6.07) is 42.7. The molecule has 0 aliphatic heterocycles. The number of nitrogens with zero attached hydrogens (tertiary/aromatic N) is 3. The van der Waals surface area contributed by atoms with Crippen LogP contribution in [0.4, 0.5) is 0 Å². The van der Waals surface area contributed by atoms with E-state index < -0.39 is 6.04 Å². The first-order valence-electron chi connectivity index (χ1n) is 25.9. The van der Waals surface area contributed by atoms with Crippen LogP contribution in [-0.2, 0) is 10.8 Å². The minimum atomic E-state index is -0.432. The highest BCUT2D eigenvalue weighted by Gasteiger charge is 2.27. The largest absolute Gasteiger partial charge is 0.507 e. The number of aromatic hydroxyl groups is 1. The number of para-hydroxylation sites is 1. The van der Waals surface area contributed by atoms with Crippen LogP contribution in [0.25, 0.3) is 83.9 Å². The minimum absolute atomic E-state index is 0.0288. The Morgan fingerprint density at radius 2 is 1.24 bits per heavy atom. The van der Waals surface area contributed by atoms with Gasteiger partial charge in [0, 0.05) is 22.9 Å². The monoisotopic (exact) mass is 883 g/mol. The van der Waals surface area contributed by atoms with Crippen molar-refractivity contribution in [2.75, 3.05) is 0 Å². The molecule has 0 aliphatic rings. The van der Waals surface area contributed by atoms with Gasteiger partial charge in [-0.1, -0.05) is 178 Å². The highest BCUT2D eigenvalue weighted by atomic mass is 16.3. The second-order valence-corrected chi connectivity index (χ2v) is 20.6. The summed E-state index contributed by atoms with van der Waals surface area (Å²) in [5, 5.41) is 12.5. The van der Waals surface area contributed by atoms with E-state index >= 15 is 0 Å². The molecule has 4 nitrogen and oxygen atoms in total. The summed E-state index contributed by atoms with van der Waals surface area (Å²) in [6.07, 6.45) is 1.63. The maximum absolute atomic E-state index is 12.5. The fourth-order valence-electron chi connectivity index (χ4n) is 9.07. The van der Waals surface area contributed by atoms with E-state index in [1.165, 1.54) is 5.56 Å². The van der Waals surface area contributed by atoms with E-state index in [1.54, 1.807) is 18.3 Å². The molecule has 0 amide bonds. The van der Waals surface area contributed by atoms with Crippen LogP contribution in [0.1, 0.15) is 116 Å². The van der Waals surface area contributed by atoms with Crippen LogP contribution < -0.4 is 0 Å². The summed E-state index contributed by atoms with van der Waals surface area (Å²) in [7, 11) is 0. The van der Waals surface area contributed by atoms with E-state index in [9.17, 15) is 5.11 Å². The summed E-state index contributed by atoms with van der Waals surface area (Å²) >= 11 is 0. The van der Waals surface area contributed by atoms with Crippen molar-refractivity contribution in [3.63, 3.8) is 0 Å². The van der Waals surface area contributed by atoms with Crippen molar-refractivity contribution < 1.29 is 12.0 Å². The molecule has 0 radical (unpaired) electrons. The van der Waals surface area contributed by atoms with E-state index in [0.717, 1.165) is 77.9 Å². The van der Waals surface area contributed by atoms with E-state index in [4.69, 9.17) is 16.8 Å². The molecule has 67 heavy (non-hydrogen) atoms. The van der Waals surface area contributed by atoms with E-state index in [1.807, 2.05) is 6.07 Å². The fraction of sp³-hybridized carbons (Fsp3) is 0.238. The number of imidazole rings is 1. The van der Waals surface area contributed by atoms with E-state index in [-0.39, 0.29) is 58.1 Å². The third kappa shape index (κ3) is 8.86. The lowest BCUT2D eigenvalue weighted by molar-refractivity contribution is 0.466. The molecule has 0 fully saturated rings. The zero-order chi connectivity index (χ0) is 51.7. The van der Waals surface area contributed by atoms with Gasteiger partial charge in [-0.15, -0.1) is 0 Å². The van der Waals surface area contributed by atoms with Crippen LogP contribution in [0.2, 0.25) is 0 Å². The average molecular weight is 883 g/mol. The van der Waals surface area contributed by atoms with Crippen LogP contribution in [-0.4, -0.2) is 19.6 Å². The maximum atomic E-state index is 12.5. The number of phenols is 1. The Bertz CT molecular complexity index is 3530. The second kappa shape index (κ2) is 17.6. The SMILES string of the molecule is [2H]c1c([2H])c([2H])c(-c2ccnc(-c3cc(-c4cccc5c4nc(-c4cc(C(C)C)cc(C(C)C)c4O)n5-c4cc(-c5ccccc5)c(C)cc4-c4ccc(C(C)(C)C)cc4)cc(C(C)(C)C)c3)c2)c([2H])c1[2H]. The number of fused-ring (bicyclic) bond motifs is 1. The lowest BCUT2D eigenvalue weighted by Crippen LogP contribution is -2.11. The van der Waals surface area contributed by atoms with Crippen molar-refractivity contribution >= 4 is 11.0 Å². The Labute approximate surface area is 405 Å². The third-order valence-electron chi connectivity index (χ3n) is 13.1. The number of aryl methyl sites for hydroxylation is 1. The number of phenolic OH excluding ortho intramolecular Hbond substituents is 1. The first kappa shape index (κ1) is 39.2. The molecule has 0 spiro atoms. The fourth-order valence-corrected chi connectivity index (χ4v) is 9.07. The topological polar surface area (TPSA) is 50.9 Å². The Balaban J connectivity index is 1.37. The number of rotatable bonds is 9. The number of benzene rings is 7. The zero-order valence-electron chi connectivity index (χ0n) is 45.6. The Morgan fingerprint density at radius 3 is 1.91 bits per heavy atom. The smallest absolute Gasteiger partial charge is 0.149 e. The summed E-state index contributed by atoms with van der Waals surface area (Å²) < 4.78 is 44.7. The maximum Gasteiger partial charge on any atom is 0.149 e. The van der Waals surface area contributed by atoms with Crippen LogP contribution in [0, 0.1) is 6.92 Å². The molecule has 1 N–H and O–H groups in total. The lowest BCUT2D eigenvalue weighted by Gasteiger charge is -2.22. The molecule has 4 heteroatoms. The first-order chi connectivity index (χ1) is 34.0. The van der Waals surface area contributed by atoms with Gasteiger partial charge < -0.3 is 5.11 Å². The van der Waals surface area contributed by atoms with Crippen LogP contribution in [0.3, 0.4) is 0 Å². The minimum Gasteiger partial charge on any atom is -0.507 e. The van der Waals surface area contributed by atoms with Crippen molar-refractivity contribution in [1.29, 1.82) is 0 Å². The molecular formula is C63H63N3O. The van der Waals surface area contributed by atoms with Crippen LogP contribution in [0.5, 0.6) is 5.75 Å². The molecule has 9 rings (SSSR count). The van der Waals surface area contributed by atoms with Crippen LogP contribution in [0.15, 0.2) is 164 Å². The zero-order valence-corrected chi connectivity index (χ0v) is 40.6. The van der Waals surface area contributed by atoms with Crippen LogP contribution >= 0.6 is 0 Å². The number of hydrogen-bond acceptors (Lipinski definition) is 3. The molecule has 0 unspecified atom stereocenters.